The molecule has 0 aliphatic rings. The normalized spacial score (nSPS) is 10.1. The first-order valence-electron chi connectivity index (χ1n) is 5.82. The monoisotopic (exact) mass is 290 g/mol. The molecule has 0 bridgehead atoms. The molecule has 0 saturated carbocycles. The summed E-state index contributed by atoms with van der Waals surface area (Å²) in [6.45, 7) is 0. The van der Waals surface area contributed by atoms with Crippen LogP contribution in [0.3, 0.4) is 0 Å². The van der Waals surface area contributed by atoms with E-state index in [1.807, 2.05) is 6.07 Å². The molecular weight excluding hydrogens is 276 g/mol. The van der Waals surface area contributed by atoms with Crippen molar-refractivity contribution in [2.24, 2.45) is 0 Å². The molecule has 0 spiro atoms. The number of thioether (sulfide) groups is 1. The molecule has 0 saturated heterocycles. The summed E-state index contributed by atoms with van der Waals surface area (Å²) in [5, 5.41) is 2.61. The Morgan fingerprint density at radius 3 is 2.85 bits per heavy atom. The number of carbonyl (C=O) groups is 1. The first-order valence-corrected chi connectivity index (χ1v) is 6.81. The molecule has 6 nitrogen and oxygen atoms in total. The third kappa shape index (κ3) is 3.86. The third-order valence-corrected chi connectivity index (χ3v) is 3.42. The van der Waals surface area contributed by atoms with Crippen LogP contribution in [0.2, 0.25) is 0 Å². The number of nitrogens with two attached hydrogens (primary N) is 1. The summed E-state index contributed by atoms with van der Waals surface area (Å²) in [7, 11) is 1.57. The number of nitrogen functional groups attached to an aromatic ring is 1. The standard InChI is InChI=1S/C13H14N4O2S/c1-19-10-7-9(14)3-4-11(10)20-8-12(18)17-13-15-5-2-6-16-13/h2-7H,8,14H2,1H3,(H,15,16,17,18). The minimum Gasteiger partial charge on any atom is -0.496 e. The number of benzene rings is 1. The highest BCUT2D eigenvalue weighted by atomic mass is 32.2. The van der Waals surface area contributed by atoms with Crippen LogP contribution in [0.25, 0.3) is 0 Å². The minimum atomic E-state index is -0.180. The second kappa shape index (κ2) is 6.76. The number of carbonyl (C=O) groups excluding carboxylic acids is 1. The van der Waals surface area contributed by atoms with Gasteiger partial charge in [-0.2, -0.15) is 0 Å². The van der Waals surface area contributed by atoms with Crippen molar-refractivity contribution in [3.8, 4) is 5.75 Å². The molecule has 1 aromatic carbocycles. The van der Waals surface area contributed by atoms with E-state index < -0.39 is 0 Å². The summed E-state index contributed by atoms with van der Waals surface area (Å²) in [4.78, 5) is 20.5. The zero-order chi connectivity index (χ0) is 14.4. The molecule has 1 aromatic heterocycles. The molecule has 20 heavy (non-hydrogen) atoms. The zero-order valence-corrected chi connectivity index (χ0v) is 11.7. The van der Waals surface area contributed by atoms with Crippen molar-refractivity contribution in [2.75, 3.05) is 23.9 Å². The van der Waals surface area contributed by atoms with Crippen molar-refractivity contribution in [1.29, 1.82) is 0 Å². The molecule has 0 radical (unpaired) electrons. The van der Waals surface area contributed by atoms with E-state index in [0.717, 1.165) is 4.90 Å². The number of anilines is 2. The molecule has 0 aliphatic carbocycles. The Labute approximate surface area is 120 Å². The van der Waals surface area contributed by atoms with Crippen LogP contribution < -0.4 is 15.8 Å². The van der Waals surface area contributed by atoms with Crippen LogP contribution in [0, 0.1) is 0 Å². The van der Waals surface area contributed by atoms with Gasteiger partial charge in [-0.05, 0) is 18.2 Å². The maximum absolute atomic E-state index is 11.8. The van der Waals surface area contributed by atoms with Crippen molar-refractivity contribution in [1.82, 2.24) is 9.97 Å². The van der Waals surface area contributed by atoms with Crippen molar-refractivity contribution in [3.63, 3.8) is 0 Å². The van der Waals surface area contributed by atoms with E-state index in [2.05, 4.69) is 15.3 Å². The molecule has 0 atom stereocenters. The average molecular weight is 290 g/mol. The van der Waals surface area contributed by atoms with Crippen molar-refractivity contribution in [2.45, 2.75) is 4.90 Å². The highest BCUT2D eigenvalue weighted by molar-refractivity contribution is 8.00. The molecule has 2 aromatic rings. The van der Waals surface area contributed by atoms with Crippen LogP contribution in [0.1, 0.15) is 0 Å². The number of aromatic nitrogens is 2. The molecule has 3 N–H and O–H groups in total. The van der Waals surface area contributed by atoms with E-state index in [1.54, 1.807) is 37.7 Å². The van der Waals surface area contributed by atoms with E-state index >= 15 is 0 Å². The van der Waals surface area contributed by atoms with E-state index in [0.29, 0.717) is 17.4 Å². The quantitative estimate of drug-likeness (QED) is 0.644. The summed E-state index contributed by atoms with van der Waals surface area (Å²) in [5.74, 6) is 1.000. The van der Waals surface area contributed by atoms with Crippen molar-refractivity contribution >= 4 is 29.3 Å². The van der Waals surface area contributed by atoms with Gasteiger partial charge in [0.25, 0.3) is 0 Å². The summed E-state index contributed by atoms with van der Waals surface area (Å²) >= 11 is 1.36. The third-order valence-electron chi connectivity index (χ3n) is 2.36. The molecule has 0 unspecified atom stereocenters. The molecule has 104 valence electrons. The Morgan fingerprint density at radius 1 is 1.40 bits per heavy atom. The Balaban J connectivity index is 1.93. The van der Waals surface area contributed by atoms with E-state index in [4.69, 9.17) is 10.5 Å². The van der Waals surface area contributed by atoms with E-state index in [-0.39, 0.29) is 11.7 Å². The van der Waals surface area contributed by atoms with Crippen LogP contribution >= 0.6 is 11.8 Å². The molecule has 0 aliphatic heterocycles. The zero-order valence-electron chi connectivity index (χ0n) is 10.9. The molecule has 1 amide bonds. The van der Waals surface area contributed by atoms with Gasteiger partial charge in [-0.3, -0.25) is 10.1 Å². The largest absolute Gasteiger partial charge is 0.496 e. The number of hydrogen-bond acceptors (Lipinski definition) is 6. The van der Waals surface area contributed by atoms with Crippen LogP contribution in [0.15, 0.2) is 41.6 Å². The highest BCUT2D eigenvalue weighted by Gasteiger charge is 2.08. The van der Waals surface area contributed by atoms with Gasteiger partial charge >= 0.3 is 0 Å². The molecule has 1 heterocycles. The first kappa shape index (κ1) is 14.1. The lowest BCUT2D eigenvalue weighted by Gasteiger charge is -2.08. The second-order valence-corrected chi connectivity index (χ2v) is 4.84. The van der Waals surface area contributed by atoms with Gasteiger partial charge in [-0.1, -0.05) is 0 Å². The Bertz CT molecular complexity index is 592. The fourth-order valence-corrected chi connectivity index (χ4v) is 2.28. The number of hydrogen-bond donors (Lipinski definition) is 2. The average Bonchev–Trinajstić information content (AvgIpc) is 2.47. The van der Waals surface area contributed by atoms with Crippen LogP contribution in [0.4, 0.5) is 11.6 Å². The summed E-state index contributed by atoms with van der Waals surface area (Å²) in [6, 6.07) is 7.00. The van der Waals surface area contributed by atoms with Crippen LogP contribution in [-0.2, 0) is 4.79 Å². The second-order valence-electron chi connectivity index (χ2n) is 3.82. The van der Waals surface area contributed by atoms with Gasteiger partial charge in [0, 0.05) is 29.0 Å². The van der Waals surface area contributed by atoms with Gasteiger partial charge in [0.05, 0.1) is 12.9 Å². The topological polar surface area (TPSA) is 90.1 Å². The molecule has 0 fully saturated rings. The summed E-state index contributed by atoms with van der Waals surface area (Å²) < 4.78 is 5.22. The van der Waals surface area contributed by atoms with Crippen molar-refractivity contribution in [3.05, 3.63) is 36.7 Å². The molecule has 7 heteroatoms. The van der Waals surface area contributed by atoms with E-state index in [9.17, 15) is 4.79 Å². The van der Waals surface area contributed by atoms with E-state index in [1.165, 1.54) is 11.8 Å². The summed E-state index contributed by atoms with van der Waals surface area (Å²) in [5.41, 5.74) is 6.29. The fourth-order valence-electron chi connectivity index (χ4n) is 1.47. The van der Waals surface area contributed by atoms with Crippen LogP contribution in [-0.4, -0.2) is 28.7 Å². The Kier molecular flexibility index (Phi) is 4.78. The number of rotatable bonds is 5. The lowest BCUT2D eigenvalue weighted by Crippen LogP contribution is -2.15. The van der Waals surface area contributed by atoms with Crippen molar-refractivity contribution < 1.29 is 9.53 Å². The maximum Gasteiger partial charge on any atom is 0.237 e. The van der Waals surface area contributed by atoms with Gasteiger partial charge in [0.1, 0.15) is 5.75 Å². The number of amides is 1. The highest BCUT2D eigenvalue weighted by Crippen LogP contribution is 2.30. The Morgan fingerprint density at radius 2 is 2.15 bits per heavy atom. The predicted molar refractivity (Wildman–Crippen MR) is 78.8 cm³/mol. The lowest BCUT2D eigenvalue weighted by molar-refractivity contribution is -0.113. The summed E-state index contributed by atoms with van der Waals surface area (Å²) in [6.07, 6.45) is 3.14. The molecular formula is C13H14N4O2S. The Hall–Kier alpha value is -2.28. The SMILES string of the molecule is COc1cc(N)ccc1SCC(=O)Nc1ncccn1. The fraction of sp³-hybridized carbons (Fsp3) is 0.154. The van der Waals surface area contributed by atoms with Gasteiger partial charge in [-0.25, -0.2) is 9.97 Å². The van der Waals surface area contributed by atoms with Gasteiger partial charge in [-0.15, -0.1) is 11.8 Å². The van der Waals surface area contributed by atoms with Crippen LogP contribution in [0.5, 0.6) is 5.75 Å². The van der Waals surface area contributed by atoms with Gasteiger partial charge in [0.2, 0.25) is 11.9 Å². The smallest absolute Gasteiger partial charge is 0.237 e. The van der Waals surface area contributed by atoms with Gasteiger partial charge in [0.15, 0.2) is 0 Å². The number of nitrogens with one attached hydrogen (secondary N) is 1. The first-order chi connectivity index (χ1) is 9.69. The maximum atomic E-state index is 11.8. The predicted octanol–water partition coefficient (Wildman–Crippen LogP) is 1.80. The lowest BCUT2D eigenvalue weighted by atomic mass is 10.3. The van der Waals surface area contributed by atoms with Gasteiger partial charge < -0.3 is 10.5 Å². The number of methoxy groups -OCH3 is 1. The molecule has 2 rings (SSSR count). The number of ether oxygens (including phenoxy) is 1. The number of nitrogens with zero attached hydrogens (tertiary/aromatic N) is 2. The minimum absolute atomic E-state index is 0.180.